The molecule has 1 N–H and O–H groups in total. The van der Waals surface area contributed by atoms with Gasteiger partial charge in [0.15, 0.2) is 0 Å². The van der Waals surface area contributed by atoms with Gasteiger partial charge in [-0.1, -0.05) is 18.2 Å². The van der Waals surface area contributed by atoms with E-state index in [1.807, 2.05) is 25.1 Å². The number of likely N-dealkylation sites (N-methyl/N-ethyl adjacent to an activating group) is 1. The highest BCUT2D eigenvalue weighted by Crippen LogP contribution is 2.27. The molecule has 0 aliphatic carbocycles. The first-order chi connectivity index (χ1) is 9.54. The Balaban J connectivity index is 2.47. The van der Waals surface area contributed by atoms with Gasteiger partial charge in [0.05, 0.1) is 23.3 Å². The standard InChI is InChI=1S/C15H16N4O/c1-10-5-4-6-12-14(10)17-8-11(7-16)15(12)18-9-13(20)19(2)3/h4-6,8H,9H2,1-3H3,(H,17,18). The number of carbonyl (C=O) groups excluding carboxylic acids is 1. The molecule has 0 saturated carbocycles. The third-order valence-corrected chi connectivity index (χ3v) is 3.13. The summed E-state index contributed by atoms with van der Waals surface area (Å²) in [5.74, 6) is -0.0495. The highest BCUT2D eigenvalue weighted by molar-refractivity contribution is 5.96. The SMILES string of the molecule is Cc1cccc2c(NCC(=O)N(C)C)c(C#N)cnc12. The number of nitrogens with zero attached hydrogens (tertiary/aromatic N) is 3. The normalized spacial score (nSPS) is 10.1. The smallest absolute Gasteiger partial charge is 0.241 e. The summed E-state index contributed by atoms with van der Waals surface area (Å²) in [6.07, 6.45) is 1.54. The third kappa shape index (κ3) is 2.54. The van der Waals surface area contributed by atoms with Gasteiger partial charge < -0.3 is 10.2 Å². The maximum atomic E-state index is 11.7. The van der Waals surface area contributed by atoms with E-state index in [0.717, 1.165) is 16.5 Å². The van der Waals surface area contributed by atoms with Crippen LogP contribution in [0, 0.1) is 18.3 Å². The molecular weight excluding hydrogens is 252 g/mol. The molecule has 2 rings (SSSR count). The van der Waals surface area contributed by atoms with E-state index in [9.17, 15) is 10.1 Å². The lowest BCUT2D eigenvalue weighted by Gasteiger charge is -2.14. The van der Waals surface area contributed by atoms with Crippen LogP contribution in [0.15, 0.2) is 24.4 Å². The van der Waals surface area contributed by atoms with Crippen LogP contribution in [0.4, 0.5) is 5.69 Å². The van der Waals surface area contributed by atoms with Crippen LogP contribution in [0.1, 0.15) is 11.1 Å². The van der Waals surface area contributed by atoms with Gasteiger partial charge in [-0.15, -0.1) is 0 Å². The third-order valence-electron chi connectivity index (χ3n) is 3.13. The van der Waals surface area contributed by atoms with Crippen molar-refractivity contribution in [2.45, 2.75) is 6.92 Å². The molecule has 0 radical (unpaired) electrons. The van der Waals surface area contributed by atoms with Crippen LogP contribution in [0.2, 0.25) is 0 Å². The highest BCUT2D eigenvalue weighted by atomic mass is 16.2. The summed E-state index contributed by atoms with van der Waals surface area (Å²) in [7, 11) is 3.40. The van der Waals surface area contributed by atoms with Gasteiger partial charge >= 0.3 is 0 Å². The van der Waals surface area contributed by atoms with Crippen molar-refractivity contribution < 1.29 is 4.79 Å². The summed E-state index contributed by atoms with van der Waals surface area (Å²) in [6, 6.07) is 7.90. The second-order valence-corrected chi connectivity index (χ2v) is 4.77. The molecule has 0 saturated heterocycles. The number of pyridine rings is 1. The quantitative estimate of drug-likeness (QED) is 0.923. The van der Waals surface area contributed by atoms with Crippen LogP contribution >= 0.6 is 0 Å². The number of hydrogen-bond donors (Lipinski definition) is 1. The number of anilines is 1. The molecule has 5 nitrogen and oxygen atoms in total. The number of aromatic nitrogens is 1. The lowest BCUT2D eigenvalue weighted by atomic mass is 10.1. The molecule has 20 heavy (non-hydrogen) atoms. The number of para-hydroxylation sites is 1. The van der Waals surface area contributed by atoms with Gasteiger partial charge in [-0.25, -0.2) is 0 Å². The minimum Gasteiger partial charge on any atom is -0.374 e. The van der Waals surface area contributed by atoms with Crippen molar-refractivity contribution >= 4 is 22.5 Å². The van der Waals surface area contributed by atoms with Gasteiger partial charge in [-0.05, 0) is 12.5 Å². The summed E-state index contributed by atoms with van der Waals surface area (Å²) in [4.78, 5) is 17.5. The van der Waals surface area contributed by atoms with Crippen molar-refractivity contribution in [3.05, 3.63) is 35.5 Å². The minimum absolute atomic E-state index is 0.0495. The van der Waals surface area contributed by atoms with Crippen LogP contribution in [0.25, 0.3) is 10.9 Å². The molecule has 1 aromatic carbocycles. The van der Waals surface area contributed by atoms with Gasteiger partial charge in [-0.2, -0.15) is 5.26 Å². The Kier molecular flexibility index (Phi) is 3.85. The van der Waals surface area contributed by atoms with E-state index in [4.69, 9.17) is 0 Å². The molecule has 5 heteroatoms. The zero-order chi connectivity index (χ0) is 14.7. The fraction of sp³-hybridized carbons (Fsp3) is 0.267. The van der Waals surface area contributed by atoms with E-state index < -0.39 is 0 Å². The predicted octanol–water partition coefficient (Wildman–Crippen LogP) is 1.92. The van der Waals surface area contributed by atoms with Crippen molar-refractivity contribution in [1.82, 2.24) is 9.88 Å². The number of benzene rings is 1. The largest absolute Gasteiger partial charge is 0.374 e. The number of carbonyl (C=O) groups is 1. The van der Waals surface area contributed by atoms with Crippen LogP contribution in [0.5, 0.6) is 0 Å². The van der Waals surface area contributed by atoms with Crippen molar-refractivity contribution in [3.63, 3.8) is 0 Å². The molecule has 0 bridgehead atoms. The van der Waals surface area contributed by atoms with E-state index in [1.165, 1.54) is 11.1 Å². The Morgan fingerprint density at radius 2 is 2.20 bits per heavy atom. The second-order valence-electron chi connectivity index (χ2n) is 4.77. The zero-order valence-electron chi connectivity index (χ0n) is 11.8. The summed E-state index contributed by atoms with van der Waals surface area (Å²) in [5.41, 5.74) is 2.98. The fourth-order valence-corrected chi connectivity index (χ4v) is 1.97. The summed E-state index contributed by atoms with van der Waals surface area (Å²) >= 11 is 0. The van der Waals surface area contributed by atoms with Crippen molar-refractivity contribution in [2.24, 2.45) is 0 Å². The molecule has 0 fully saturated rings. The lowest BCUT2D eigenvalue weighted by Crippen LogP contribution is -2.28. The van der Waals surface area contributed by atoms with Gasteiger partial charge in [0, 0.05) is 25.7 Å². The zero-order valence-corrected chi connectivity index (χ0v) is 11.8. The number of amides is 1. The van der Waals surface area contributed by atoms with Gasteiger partial charge in [-0.3, -0.25) is 9.78 Å². The van der Waals surface area contributed by atoms with Gasteiger partial charge in [0.1, 0.15) is 6.07 Å². The average molecular weight is 268 g/mol. The number of nitrogens with one attached hydrogen (secondary N) is 1. The molecular formula is C15H16N4O. The van der Waals surface area contributed by atoms with Gasteiger partial charge in [0.2, 0.25) is 5.91 Å². The molecule has 1 amide bonds. The van der Waals surface area contributed by atoms with Crippen LogP contribution in [-0.2, 0) is 4.79 Å². The Hall–Kier alpha value is -2.61. The van der Waals surface area contributed by atoms with E-state index in [-0.39, 0.29) is 12.5 Å². The Labute approximate surface area is 117 Å². The summed E-state index contributed by atoms with van der Waals surface area (Å²) in [5, 5.41) is 13.1. The average Bonchev–Trinajstić information content (AvgIpc) is 2.44. The lowest BCUT2D eigenvalue weighted by molar-refractivity contribution is -0.126. The van der Waals surface area contributed by atoms with E-state index >= 15 is 0 Å². The van der Waals surface area contributed by atoms with Crippen LogP contribution in [0.3, 0.4) is 0 Å². The number of nitriles is 1. The molecule has 0 atom stereocenters. The molecule has 0 aliphatic rings. The molecule has 1 heterocycles. The van der Waals surface area contributed by atoms with Crippen molar-refractivity contribution in [2.75, 3.05) is 26.0 Å². The number of fused-ring (bicyclic) bond motifs is 1. The Morgan fingerprint density at radius 3 is 2.85 bits per heavy atom. The fourth-order valence-electron chi connectivity index (χ4n) is 1.97. The summed E-state index contributed by atoms with van der Waals surface area (Å²) < 4.78 is 0. The molecule has 0 unspecified atom stereocenters. The topological polar surface area (TPSA) is 69.0 Å². The molecule has 2 aromatic rings. The monoisotopic (exact) mass is 268 g/mol. The number of rotatable bonds is 3. The predicted molar refractivity (Wildman–Crippen MR) is 78.4 cm³/mol. The van der Waals surface area contributed by atoms with Gasteiger partial charge in [0.25, 0.3) is 0 Å². The first kappa shape index (κ1) is 13.8. The molecule has 0 aliphatic heterocycles. The Bertz CT molecular complexity index is 701. The van der Waals surface area contributed by atoms with E-state index in [0.29, 0.717) is 11.3 Å². The van der Waals surface area contributed by atoms with Crippen LogP contribution in [-0.4, -0.2) is 36.4 Å². The first-order valence-corrected chi connectivity index (χ1v) is 6.27. The van der Waals surface area contributed by atoms with Crippen LogP contribution < -0.4 is 5.32 Å². The van der Waals surface area contributed by atoms with E-state index in [2.05, 4.69) is 16.4 Å². The maximum Gasteiger partial charge on any atom is 0.241 e. The van der Waals surface area contributed by atoms with Crippen molar-refractivity contribution in [3.8, 4) is 6.07 Å². The van der Waals surface area contributed by atoms with Crippen molar-refractivity contribution in [1.29, 1.82) is 5.26 Å². The number of aryl methyl sites for hydroxylation is 1. The second kappa shape index (κ2) is 5.57. The molecule has 1 aromatic heterocycles. The molecule has 0 spiro atoms. The Morgan fingerprint density at radius 1 is 1.45 bits per heavy atom. The number of hydrogen-bond acceptors (Lipinski definition) is 4. The molecule has 102 valence electrons. The highest BCUT2D eigenvalue weighted by Gasteiger charge is 2.11. The van der Waals surface area contributed by atoms with E-state index in [1.54, 1.807) is 14.1 Å². The first-order valence-electron chi connectivity index (χ1n) is 6.27. The maximum absolute atomic E-state index is 11.7. The minimum atomic E-state index is -0.0495. The summed E-state index contributed by atoms with van der Waals surface area (Å²) in [6.45, 7) is 2.12.